The predicted octanol–water partition coefficient (Wildman–Crippen LogP) is 4.62. The van der Waals surface area contributed by atoms with Crippen LogP contribution in [0.5, 0.6) is 0 Å². The van der Waals surface area contributed by atoms with Gasteiger partial charge in [0.2, 0.25) is 5.91 Å². The van der Waals surface area contributed by atoms with Gasteiger partial charge in [-0.25, -0.2) is 4.98 Å². The molecule has 0 bridgehead atoms. The number of likely N-dealkylation sites (tertiary alicyclic amines) is 1. The molecule has 1 aliphatic rings. The number of H-pyrrole nitrogens is 1. The van der Waals surface area contributed by atoms with E-state index in [9.17, 15) is 4.79 Å². The number of para-hydroxylation sites is 1. The van der Waals surface area contributed by atoms with Crippen molar-refractivity contribution >= 4 is 27.8 Å². The summed E-state index contributed by atoms with van der Waals surface area (Å²) in [6.07, 6.45) is 6.51. The number of amides is 1. The summed E-state index contributed by atoms with van der Waals surface area (Å²) in [4.78, 5) is 22.8. The maximum absolute atomic E-state index is 12.9. The van der Waals surface area contributed by atoms with E-state index in [-0.39, 0.29) is 5.91 Å². The van der Waals surface area contributed by atoms with Crippen LogP contribution in [-0.4, -0.2) is 38.4 Å². The average Bonchev–Trinajstić information content (AvgIpc) is 3.33. The number of benzene rings is 2. The number of carbonyl (C=O) groups excluding carboxylic acids is 1. The summed E-state index contributed by atoms with van der Waals surface area (Å²) in [7, 11) is 0. The molecule has 1 fully saturated rings. The van der Waals surface area contributed by atoms with Gasteiger partial charge in [0.05, 0.1) is 23.8 Å². The van der Waals surface area contributed by atoms with Crippen LogP contribution in [0.2, 0.25) is 0 Å². The van der Waals surface area contributed by atoms with E-state index in [1.54, 1.807) is 0 Å². The van der Waals surface area contributed by atoms with E-state index in [1.807, 2.05) is 29.6 Å². The quantitative estimate of drug-likeness (QED) is 0.544. The van der Waals surface area contributed by atoms with Crippen molar-refractivity contribution in [3.8, 4) is 0 Å². The Morgan fingerprint density at radius 1 is 1.13 bits per heavy atom. The minimum Gasteiger partial charge on any atom is -0.361 e. The summed E-state index contributed by atoms with van der Waals surface area (Å²) in [5.74, 6) is 0.818. The zero-order valence-corrected chi connectivity index (χ0v) is 17.7. The van der Waals surface area contributed by atoms with E-state index in [1.165, 1.54) is 16.6 Å². The van der Waals surface area contributed by atoms with Crippen LogP contribution in [0.1, 0.15) is 29.5 Å². The van der Waals surface area contributed by atoms with Crippen molar-refractivity contribution in [3.63, 3.8) is 0 Å². The lowest BCUT2D eigenvalue weighted by Gasteiger charge is -2.32. The fraction of sp³-hybridized carbons (Fsp3) is 0.360. The molecule has 0 spiro atoms. The number of nitrogens with zero attached hydrogens (tertiary/aromatic N) is 3. The molecular weight excluding hydrogens is 372 g/mol. The first-order valence-corrected chi connectivity index (χ1v) is 10.8. The van der Waals surface area contributed by atoms with Gasteiger partial charge >= 0.3 is 0 Å². The van der Waals surface area contributed by atoms with Crippen molar-refractivity contribution in [2.24, 2.45) is 5.92 Å². The summed E-state index contributed by atoms with van der Waals surface area (Å²) in [6.45, 7) is 6.96. The maximum atomic E-state index is 12.9. The first-order chi connectivity index (χ1) is 14.6. The third kappa shape index (κ3) is 3.49. The van der Waals surface area contributed by atoms with Crippen molar-refractivity contribution in [1.29, 1.82) is 0 Å². The van der Waals surface area contributed by atoms with Crippen LogP contribution in [0.15, 0.2) is 48.9 Å². The van der Waals surface area contributed by atoms with E-state index in [0.29, 0.717) is 12.3 Å². The maximum Gasteiger partial charge on any atom is 0.227 e. The van der Waals surface area contributed by atoms with Crippen LogP contribution in [0.25, 0.3) is 21.9 Å². The Labute approximate surface area is 176 Å². The molecule has 0 radical (unpaired) electrons. The Bertz CT molecular complexity index is 1210. The number of aromatic nitrogens is 3. The molecule has 5 nitrogen and oxygen atoms in total. The second kappa shape index (κ2) is 7.63. The summed E-state index contributed by atoms with van der Waals surface area (Å²) in [5, 5.41) is 1.15. The van der Waals surface area contributed by atoms with Gasteiger partial charge in [-0.3, -0.25) is 4.79 Å². The van der Waals surface area contributed by atoms with Crippen LogP contribution in [-0.2, 0) is 17.8 Å². The van der Waals surface area contributed by atoms with Gasteiger partial charge in [-0.05, 0) is 67.5 Å². The lowest BCUT2D eigenvalue weighted by Crippen LogP contribution is -2.40. The monoisotopic (exact) mass is 400 g/mol. The molecule has 1 saturated heterocycles. The van der Waals surface area contributed by atoms with Crippen molar-refractivity contribution in [2.45, 2.75) is 39.7 Å². The number of aryl methyl sites for hydroxylation is 2. The Balaban J connectivity index is 1.21. The number of aromatic amines is 1. The molecule has 0 unspecified atom stereocenters. The van der Waals surface area contributed by atoms with E-state index >= 15 is 0 Å². The summed E-state index contributed by atoms with van der Waals surface area (Å²) >= 11 is 0. The molecule has 1 N–H and O–H groups in total. The lowest BCUT2D eigenvalue weighted by molar-refractivity contribution is -0.131. The van der Waals surface area contributed by atoms with Crippen LogP contribution in [0, 0.1) is 19.8 Å². The van der Waals surface area contributed by atoms with E-state index in [2.05, 4.69) is 52.6 Å². The summed E-state index contributed by atoms with van der Waals surface area (Å²) < 4.78 is 2.29. The molecule has 1 aliphatic heterocycles. The van der Waals surface area contributed by atoms with Gasteiger partial charge in [0.15, 0.2) is 0 Å². The van der Waals surface area contributed by atoms with E-state index in [4.69, 9.17) is 0 Å². The number of carbonyl (C=O) groups is 1. The number of imidazole rings is 1. The van der Waals surface area contributed by atoms with Crippen LogP contribution >= 0.6 is 0 Å². The third-order valence-electron chi connectivity index (χ3n) is 6.68. The van der Waals surface area contributed by atoms with Crippen LogP contribution in [0.3, 0.4) is 0 Å². The molecule has 5 rings (SSSR count). The van der Waals surface area contributed by atoms with Crippen molar-refractivity contribution < 1.29 is 4.79 Å². The fourth-order valence-corrected chi connectivity index (χ4v) is 4.65. The molecule has 3 heterocycles. The molecule has 0 atom stereocenters. The molecule has 4 aromatic rings. The highest BCUT2D eigenvalue weighted by molar-refractivity contribution is 5.89. The fourth-order valence-electron chi connectivity index (χ4n) is 4.65. The predicted molar refractivity (Wildman–Crippen MR) is 121 cm³/mol. The Morgan fingerprint density at radius 3 is 2.73 bits per heavy atom. The average molecular weight is 401 g/mol. The van der Waals surface area contributed by atoms with Gasteiger partial charge in [-0.2, -0.15) is 0 Å². The largest absolute Gasteiger partial charge is 0.361 e. The molecular formula is C25H28N4O. The molecule has 2 aromatic heterocycles. The highest BCUT2D eigenvalue weighted by Crippen LogP contribution is 2.25. The number of hydrogen-bond acceptors (Lipinski definition) is 2. The number of nitrogens with one attached hydrogen (secondary N) is 1. The molecule has 5 heteroatoms. The molecule has 154 valence electrons. The summed E-state index contributed by atoms with van der Waals surface area (Å²) in [6, 6.07) is 12.6. The number of rotatable bonds is 4. The minimum atomic E-state index is 0.234. The third-order valence-corrected chi connectivity index (χ3v) is 6.68. The second-order valence-corrected chi connectivity index (χ2v) is 8.68. The van der Waals surface area contributed by atoms with E-state index in [0.717, 1.165) is 54.5 Å². The molecule has 0 saturated carbocycles. The van der Waals surface area contributed by atoms with Gasteiger partial charge < -0.3 is 14.5 Å². The number of fused-ring (bicyclic) bond motifs is 2. The van der Waals surface area contributed by atoms with Gasteiger partial charge in [-0.1, -0.05) is 18.2 Å². The minimum absolute atomic E-state index is 0.234. The zero-order valence-electron chi connectivity index (χ0n) is 17.7. The first kappa shape index (κ1) is 18.9. The van der Waals surface area contributed by atoms with E-state index < -0.39 is 0 Å². The normalized spacial score (nSPS) is 15.3. The molecule has 30 heavy (non-hydrogen) atoms. The zero-order chi connectivity index (χ0) is 20.7. The highest BCUT2D eigenvalue weighted by atomic mass is 16.2. The Kier molecular flexibility index (Phi) is 4.81. The topological polar surface area (TPSA) is 53.9 Å². The highest BCUT2D eigenvalue weighted by Gasteiger charge is 2.24. The number of piperidine rings is 1. The summed E-state index contributed by atoms with van der Waals surface area (Å²) in [5.41, 5.74) is 7.07. The first-order valence-electron chi connectivity index (χ1n) is 10.8. The smallest absolute Gasteiger partial charge is 0.227 e. The van der Waals surface area contributed by atoms with Crippen LogP contribution in [0.4, 0.5) is 0 Å². The number of hydrogen-bond donors (Lipinski definition) is 1. The van der Waals surface area contributed by atoms with Crippen LogP contribution < -0.4 is 0 Å². The van der Waals surface area contributed by atoms with Gasteiger partial charge in [-0.15, -0.1) is 0 Å². The van der Waals surface area contributed by atoms with Gasteiger partial charge in [0.25, 0.3) is 0 Å². The van der Waals surface area contributed by atoms with Crippen molar-refractivity contribution in [1.82, 2.24) is 19.4 Å². The van der Waals surface area contributed by atoms with Crippen molar-refractivity contribution in [2.75, 3.05) is 13.1 Å². The molecule has 1 amide bonds. The Hall–Kier alpha value is -3.08. The van der Waals surface area contributed by atoms with Gasteiger partial charge in [0, 0.05) is 36.7 Å². The lowest BCUT2D eigenvalue weighted by atomic mass is 9.96. The Morgan fingerprint density at radius 2 is 1.90 bits per heavy atom. The van der Waals surface area contributed by atoms with Crippen molar-refractivity contribution in [3.05, 3.63) is 65.6 Å². The SMILES string of the molecule is Cc1cc2ncn(CC3CCN(C(=O)Cc4c[nH]c5ccccc45)CC3)c2cc1C. The van der Waals surface area contributed by atoms with Gasteiger partial charge in [0.1, 0.15) is 0 Å². The second-order valence-electron chi connectivity index (χ2n) is 8.68. The standard InChI is InChI=1S/C25H28N4O/c1-17-11-23-24(12-18(17)2)29(16-27-23)15-19-7-9-28(10-8-19)25(30)13-20-14-26-22-6-4-3-5-21(20)22/h3-6,11-12,14,16,19,26H,7-10,13,15H2,1-2H3. The molecule has 2 aromatic carbocycles. The molecule has 0 aliphatic carbocycles.